The monoisotopic (exact) mass is 392 g/mol. The summed E-state index contributed by atoms with van der Waals surface area (Å²) in [4.78, 5) is 13.0. The van der Waals surface area contributed by atoms with Crippen LogP contribution in [0.5, 0.6) is 0 Å². The molecular weight excluding hydrogens is 356 g/mol. The molecule has 0 spiro atoms. The number of allylic oxidation sites excluding steroid dienone is 9. The highest BCUT2D eigenvalue weighted by Gasteiger charge is 1.99. The van der Waals surface area contributed by atoms with E-state index in [2.05, 4.69) is 87.4 Å². The van der Waals surface area contributed by atoms with Gasteiger partial charge in [0.2, 0.25) is 0 Å². The number of nitrogens with one attached hydrogen (secondary N) is 2. The zero-order chi connectivity index (χ0) is 20.5. The van der Waals surface area contributed by atoms with E-state index in [1.165, 1.54) is 7.11 Å². The average molecular weight is 393 g/mol. The Kier molecular flexibility index (Phi) is 21.7. The molecule has 0 aromatic heterocycles. The maximum atomic E-state index is 8.52. The lowest BCUT2D eigenvalue weighted by Crippen LogP contribution is -2.25. The van der Waals surface area contributed by atoms with Gasteiger partial charge in [-0.2, -0.15) is 11.0 Å². The minimum Gasteiger partial charge on any atom is -0.233 e. The molecule has 0 aliphatic heterocycles. The summed E-state index contributed by atoms with van der Waals surface area (Å²) < 4.78 is 0. The Morgan fingerprint density at radius 1 is 0.857 bits per heavy atom. The zero-order valence-electron chi connectivity index (χ0n) is 17.1. The first-order valence-electron chi connectivity index (χ1n) is 9.76. The fourth-order valence-electron chi connectivity index (χ4n) is 2.08. The van der Waals surface area contributed by atoms with E-state index in [9.17, 15) is 0 Å². The number of hydrogen-bond acceptors (Lipinski definition) is 6. The van der Waals surface area contributed by atoms with Gasteiger partial charge in [-0.25, -0.2) is 10.1 Å². The van der Waals surface area contributed by atoms with Crippen LogP contribution in [0, 0.1) is 0 Å². The van der Waals surface area contributed by atoms with Crippen molar-refractivity contribution in [2.24, 2.45) is 0 Å². The molecule has 0 saturated heterocycles. The minimum absolute atomic E-state index is 0.0536. The summed E-state index contributed by atoms with van der Waals surface area (Å²) in [6, 6.07) is -0.0536. The van der Waals surface area contributed by atoms with Gasteiger partial charge in [0.05, 0.1) is 13.2 Å². The standard InChI is InChI=1S/C22H36N2O4/c1-3-4-16-19-22(24-27-25)20-17-14-12-10-8-6-5-7-9-11-13-15-18-21-23-28-26-2/h4,6-9,12-17,20,22-25H,3,5,10-11,18-19,21H2,1-2H3/b8-6-,9-7-,14-12-,15-13-,16-4-,20-17+/t22-/m1/s1. The normalized spacial score (nSPS) is 14.2. The van der Waals surface area contributed by atoms with Gasteiger partial charge in [0, 0.05) is 6.54 Å². The van der Waals surface area contributed by atoms with Crippen molar-refractivity contribution in [3.05, 3.63) is 72.9 Å². The van der Waals surface area contributed by atoms with Crippen LogP contribution in [-0.4, -0.2) is 25.0 Å². The fraction of sp³-hybridized carbons (Fsp3) is 0.455. The van der Waals surface area contributed by atoms with Gasteiger partial charge in [0.15, 0.2) is 0 Å². The van der Waals surface area contributed by atoms with Crippen LogP contribution in [0.4, 0.5) is 0 Å². The van der Waals surface area contributed by atoms with Crippen LogP contribution in [0.2, 0.25) is 0 Å². The predicted octanol–water partition coefficient (Wildman–Crippen LogP) is 5.13. The van der Waals surface area contributed by atoms with Crippen molar-refractivity contribution in [3.8, 4) is 0 Å². The molecule has 6 heteroatoms. The van der Waals surface area contributed by atoms with E-state index in [4.69, 9.17) is 5.26 Å². The maximum Gasteiger partial charge on any atom is 0.0732 e. The van der Waals surface area contributed by atoms with E-state index in [1.807, 2.05) is 18.2 Å². The van der Waals surface area contributed by atoms with Crippen LogP contribution >= 0.6 is 0 Å². The minimum atomic E-state index is -0.0536. The molecule has 0 aliphatic rings. The SMILES string of the molecule is CC/C=C\C[C@H](/C=C/C=C\C/C=C\C/C=C\C/C=C\CCNOOC)NOO. The lowest BCUT2D eigenvalue weighted by atomic mass is 10.2. The van der Waals surface area contributed by atoms with Crippen LogP contribution in [-0.2, 0) is 14.9 Å². The third kappa shape index (κ3) is 20.5. The van der Waals surface area contributed by atoms with Crippen LogP contribution in [0.1, 0.15) is 45.4 Å². The first-order valence-corrected chi connectivity index (χ1v) is 9.76. The van der Waals surface area contributed by atoms with Crippen LogP contribution in [0.25, 0.3) is 0 Å². The summed E-state index contributed by atoms with van der Waals surface area (Å²) in [5, 5.41) is 8.52. The van der Waals surface area contributed by atoms with Gasteiger partial charge in [0.25, 0.3) is 0 Å². The van der Waals surface area contributed by atoms with Gasteiger partial charge in [-0.15, -0.1) is 9.98 Å². The van der Waals surface area contributed by atoms with Crippen molar-refractivity contribution >= 4 is 0 Å². The van der Waals surface area contributed by atoms with Crippen molar-refractivity contribution in [2.45, 2.75) is 51.5 Å². The Hall–Kier alpha value is -1.80. The van der Waals surface area contributed by atoms with Gasteiger partial charge in [-0.3, -0.25) is 0 Å². The smallest absolute Gasteiger partial charge is 0.0732 e. The molecule has 28 heavy (non-hydrogen) atoms. The second kappa shape index (κ2) is 23.2. The molecule has 0 amide bonds. The van der Waals surface area contributed by atoms with Crippen LogP contribution in [0.15, 0.2) is 72.9 Å². The summed E-state index contributed by atoms with van der Waals surface area (Å²) in [6.45, 7) is 2.81. The third-order valence-electron chi connectivity index (χ3n) is 3.46. The highest BCUT2D eigenvalue weighted by molar-refractivity contribution is 5.09. The van der Waals surface area contributed by atoms with Crippen LogP contribution < -0.4 is 11.0 Å². The van der Waals surface area contributed by atoms with Gasteiger partial charge < -0.3 is 0 Å². The molecule has 0 bridgehead atoms. The summed E-state index contributed by atoms with van der Waals surface area (Å²) in [6.07, 6.45) is 30.4. The van der Waals surface area contributed by atoms with Gasteiger partial charge in [-0.05, 0) is 38.5 Å². The fourth-order valence-corrected chi connectivity index (χ4v) is 2.08. The molecule has 0 aromatic rings. The highest BCUT2D eigenvalue weighted by atomic mass is 17.3. The second-order valence-electron chi connectivity index (χ2n) is 5.80. The number of hydrogen-bond donors (Lipinski definition) is 3. The Balaban J connectivity index is 3.78. The molecule has 0 fully saturated rings. The molecule has 0 rings (SSSR count). The molecule has 6 nitrogen and oxygen atoms in total. The lowest BCUT2D eigenvalue weighted by Gasteiger charge is -2.08. The van der Waals surface area contributed by atoms with Gasteiger partial charge >= 0.3 is 0 Å². The lowest BCUT2D eigenvalue weighted by molar-refractivity contribution is -0.316. The molecule has 0 saturated carbocycles. The second-order valence-corrected chi connectivity index (χ2v) is 5.80. The Bertz CT molecular complexity index is 497. The quantitative estimate of drug-likeness (QED) is 0.0987. The van der Waals surface area contributed by atoms with E-state index in [-0.39, 0.29) is 6.04 Å². The highest BCUT2D eigenvalue weighted by Crippen LogP contribution is 1.99. The van der Waals surface area contributed by atoms with Crippen LogP contribution in [0.3, 0.4) is 0 Å². The van der Waals surface area contributed by atoms with E-state index >= 15 is 0 Å². The largest absolute Gasteiger partial charge is 0.233 e. The zero-order valence-corrected chi connectivity index (χ0v) is 17.1. The van der Waals surface area contributed by atoms with Crippen molar-refractivity contribution in [1.82, 2.24) is 11.0 Å². The van der Waals surface area contributed by atoms with E-state index in [0.29, 0.717) is 0 Å². The molecule has 158 valence electrons. The van der Waals surface area contributed by atoms with E-state index in [0.717, 1.165) is 45.1 Å². The first kappa shape index (κ1) is 26.2. The van der Waals surface area contributed by atoms with Gasteiger partial charge in [-0.1, -0.05) is 79.8 Å². The average Bonchev–Trinajstić information content (AvgIpc) is 2.70. The molecule has 0 unspecified atom stereocenters. The molecule has 1 atom stereocenters. The molecule has 0 radical (unpaired) electrons. The molecule has 3 N–H and O–H groups in total. The number of hydroxylamine groups is 2. The predicted molar refractivity (Wildman–Crippen MR) is 115 cm³/mol. The summed E-state index contributed by atoms with van der Waals surface area (Å²) in [5.74, 6) is 0. The molecule has 0 heterocycles. The maximum absolute atomic E-state index is 8.52. The summed E-state index contributed by atoms with van der Waals surface area (Å²) in [5.41, 5.74) is 5.21. The first-order chi connectivity index (χ1) is 13.8. The molecule has 0 aliphatic carbocycles. The van der Waals surface area contributed by atoms with Crippen molar-refractivity contribution in [3.63, 3.8) is 0 Å². The summed E-state index contributed by atoms with van der Waals surface area (Å²) >= 11 is 0. The molecule has 0 aromatic carbocycles. The Morgan fingerprint density at radius 3 is 2.18 bits per heavy atom. The van der Waals surface area contributed by atoms with E-state index in [1.54, 1.807) is 0 Å². The van der Waals surface area contributed by atoms with Gasteiger partial charge in [0.1, 0.15) is 0 Å². The summed E-state index contributed by atoms with van der Waals surface area (Å²) in [7, 11) is 1.46. The molecular formula is C22H36N2O4. The Labute approximate surface area is 169 Å². The third-order valence-corrected chi connectivity index (χ3v) is 3.46. The van der Waals surface area contributed by atoms with Crippen molar-refractivity contribution < 1.29 is 20.1 Å². The van der Waals surface area contributed by atoms with Crippen molar-refractivity contribution in [2.75, 3.05) is 13.7 Å². The van der Waals surface area contributed by atoms with E-state index < -0.39 is 0 Å². The van der Waals surface area contributed by atoms with Crippen molar-refractivity contribution in [1.29, 1.82) is 0 Å². The topological polar surface area (TPSA) is 72.0 Å². The number of rotatable bonds is 18. The Morgan fingerprint density at radius 2 is 1.54 bits per heavy atom.